The van der Waals surface area contributed by atoms with E-state index in [1.807, 2.05) is 48.5 Å². The van der Waals surface area contributed by atoms with Crippen molar-refractivity contribution in [2.24, 2.45) is 0 Å². The summed E-state index contributed by atoms with van der Waals surface area (Å²) >= 11 is 0. The van der Waals surface area contributed by atoms with Gasteiger partial charge in [-0.3, -0.25) is 4.55 Å². The van der Waals surface area contributed by atoms with Crippen LogP contribution in [-0.2, 0) is 21.1 Å². The van der Waals surface area contributed by atoms with Crippen LogP contribution >= 0.6 is 8.46 Å². The number of para-hydroxylation sites is 2. The van der Waals surface area contributed by atoms with Gasteiger partial charge in [-0.25, -0.2) is 4.98 Å². The number of aromatic nitrogens is 1. The minimum Gasteiger partial charge on any atom is -0.436 e. The van der Waals surface area contributed by atoms with Gasteiger partial charge in [-0.15, -0.1) is 0 Å². The number of nitrogens with zero attached hydrogens (tertiary/aromatic N) is 1. The molecule has 2 unspecified atom stereocenters. The minimum absolute atomic E-state index is 0.185. The van der Waals surface area contributed by atoms with Crippen molar-refractivity contribution in [3.8, 4) is 11.5 Å². The SMILES string of the molecule is O=[PH2]C(CCCc1ccc(-c2nc3ccccc3o2)cc1)S(=O)(=O)O. The zero-order valence-electron chi connectivity index (χ0n) is 13.3. The number of hydrogen-bond donors (Lipinski definition) is 1. The average Bonchev–Trinajstić information content (AvgIpc) is 3.02. The second-order valence-electron chi connectivity index (χ2n) is 5.77. The monoisotopic (exact) mass is 379 g/mol. The van der Waals surface area contributed by atoms with Crippen LogP contribution in [0.3, 0.4) is 0 Å². The Morgan fingerprint density at radius 2 is 1.84 bits per heavy atom. The van der Waals surface area contributed by atoms with Crippen LogP contribution in [0.4, 0.5) is 0 Å². The first-order valence-electron chi connectivity index (χ1n) is 7.84. The van der Waals surface area contributed by atoms with Crippen molar-refractivity contribution in [2.45, 2.75) is 24.3 Å². The molecule has 0 radical (unpaired) electrons. The van der Waals surface area contributed by atoms with Crippen LogP contribution in [0.15, 0.2) is 52.9 Å². The number of aryl methyl sites for hydroxylation is 1. The predicted octanol–water partition coefficient (Wildman–Crippen LogP) is 3.79. The molecule has 2 atom stereocenters. The lowest BCUT2D eigenvalue weighted by Crippen LogP contribution is -2.14. The van der Waals surface area contributed by atoms with Crippen LogP contribution in [0.5, 0.6) is 0 Å². The maximum Gasteiger partial charge on any atom is 0.274 e. The Bertz CT molecular complexity index is 949. The van der Waals surface area contributed by atoms with Crippen molar-refractivity contribution < 1.29 is 22.0 Å². The van der Waals surface area contributed by atoms with Gasteiger partial charge in [-0.05, 0) is 49.1 Å². The van der Waals surface area contributed by atoms with Crippen LogP contribution in [-0.4, -0.2) is 22.9 Å². The molecule has 3 rings (SSSR count). The molecule has 25 heavy (non-hydrogen) atoms. The molecule has 0 amide bonds. The van der Waals surface area contributed by atoms with Crippen LogP contribution < -0.4 is 0 Å². The molecule has 6 nitrogen and oxygen atoms in total. The van der Waals surface area contributed by atoms with E-state index in [0.29, 0.717) is 18.7 Å². The molecule has 0 bridgehead atoms. The third kappa shape index (κ3) is 4.37. The van der Waals surface area contributed by atoms with Gasteiger partial charge in [0.15, 0.2) is 5.58 Å². The average molecular weight is 379 g/mol. The molecule has 0 spiro atoms. The number of hydrogen-bond acceptors (Lipinski definition) is 5. The number of rotatable bonds is 7. The summed E-state index contributed by atoms with van der Waals surface area (Å²) in [6, 6.07) is 15.2. The van der Waals surface area contributed by atoms with E-state index in [2.05, 4.69) is 4.98 Å². The van der Waals surface area contributed by atoms with Gasteiger partial charge in [0.1, 0.15) is 10.5 Å². The topological polar surface area (TPSA) is 97.5 Å². The summed E-state index contributed by atoms with van der Waals surface area (Å²) in [5.41, 5.74) is 3.42. The standard InChI is InChI=1S/C17H18NO5PS/c19-24-16(25(20,21)22)7-3-4-12-8-10-13(11-9-12)17-18-14-5-1-2-6-15(14)23-17/h1-2,5-6,8-11,16H,3-4,7,24H2,(H,20,21,22). The van der Waals surface area contributed by atoms with Crippen LogP contribution in [0.25, 0.3) is 22.6 Å². The lowest BCUT2D eigenvalue weighted by Gasteiger charge is -2.07. The lowest BCUT2D eigenvalue weighted by atomic mass is 10.1. The Balaban J connectivity index is 1.65. The molecule has 0 aliphatic heterocycles. The molecule has 1 N–H and O–H groups in total. The summed E-state index contributed by atoms with van der Waals surface area (Å²) < 4.78 is 47.7. The van der Waals surface area contributed by atoms with Gasteiger partial charge in [-0.2, -0.15) is 8.42 Å². The number of fused-ring (bicyclic) bond motifs is 1. The molecular weight excluding hydrogens is 361 g/mol. The minimum atomic E-state index is -4.22. The molecule has 0 aliphatic rings. The largest absolute Gasteiger partial charge is 0.436 e. The van der Waals surface area contributed by atoms with Gasteiger partial charge in [-0.1, -0.05) is 24.3 Å². The third-order valence-electron chi connectivity index (χ3n) is 3.98. The molecule has 3 aromatic rings. The van der Waals surface area contributed by atoms with Crippen molar-refractivity contribution in [1.29, 1.82) is 0 Å². The van der Waals surface area contributed by atoms with Crippen LogP contribution in [0.2, 0.25) is 0 Å². The fourth-order valence-corrected chi connectivity index (χ4v) is 4.00. The molecule has 0 fully saturated rings. The van der Waals surface area contributed by atoms with E-state index in [1.165, 1.54) is 0 Å². The zero-order chi connectivity index (χ0) is 17.9. The van der Waals surface area contributed by atoms with E-state index in [9.17, 15) is 13.0 Å². The van der Waals surface area contributed by atoms with E-state index in [-0.39, 0.29) is 6.42 Å². The van der Waals surface area contributed by atoms with Crippen molar-refractivity contribution in [1.82, 2.24) is 4.98 Å². The molecule has 132 valence electrons. The highest BCUT2D eigenvalue weighted by Gasteiger charge is 2.20. The molecule has 1 aromatic heterocycles. The van der Waals surface area contributed by atoms with Gasteiger partial charge < -0.3 is 8.98 Å². The van der Waals surface area contributed by atoms with Crippen molar-refractivity contribution >= 4 is 29.7 Å². The summed E-state index contributed by atoms with van der Waals surface area (Å²) in [4.78, 5) is 3.30. The Morgan fingerprint density at radius 3 is 2.48 bits per heavy atom. The molecule has 2 aromatic carbocycles. The summed E-state index contributed by atoms with van der Waals surface area (Å²) in [6.45, 7) is 0. The highest BCUT2D eigenvalue weighted by Crippen LogP contribution is 2.25. The first-order chi connectivity index (χ1) is 12.0. The molecule has 0 aliphatic carbocycles. The van der Waals surface area contributed by atoms with Gasteiger partial charge in [0, 0.05) is 5.56 Å². The third-order valence-corrected chi connectivity index (χ3v) is 6.99. The quantitative estimate of drug-likeness (QED) is 0.495. The highest BCUT2D eigenvalue weighted by atomic mass is 32.2. The Labute approximate surface area is 146 Å². The number of oxazole rings is 1. The summed E-state index contributed by atoms with van der Waals surface area (Å²) in [5.74, 6) is 0.550. The Kier molecular flexibility index (Phi) is 5.37. The molecule has 8 heteroatoms. The van der Waals surface area contributed by atoms with E-state index < -0.39 is 23.6 Å². The van der Waals surface area contributed by atoms with Gasteiger partial charge >= 0.3 is 0 Å². The van der Waals surface area contributed by atoms with E-state index in [0.717, 1.165) is 22.2 Å². The molecule has 0 saturated heterocycles. The predicted molar refractivity (Wildman–Crippen MR) is 98.1 cm³/mol. The lowest BCUT2D eigenvalue weighted by molar-refractivity contribution is 0.474. The number of benzene rings is 2. The first kappa shape index (κ1) is 17.9. The van der Waals surface area contributed by atoms with Crippen LogP contribution in [0.1, 0.15) is 18.4 Å². The fraction of sp³-hybridized carbons (Fsp3) is 0.235. The summed E-state index contributed by atoms with van der Waals surface area (Å²) in [6.07, 6.45) is 1.35. The summed E-state index contributed by atoms with van der Waals surface area (Å²) in [7, 11) is -5.77. The Hall–Kier alpha value is -1.95. The van der Waals surface area contributed by atoms with Gasteiger partial charge in [0.2, 0.25) is 5.89 Å². The Morgan fingerprint density at radius 1 is 1.12 bits per heavy atom. The van der Waals surface area contributed by atoms with Crippen molar-refractivity contribution in [3.05, 3.63) is 54.1 Å². The van der Waals surface area contributed by atoms with E-state index in [1.54, 1.807) is 0 Å². The molecular formula is C17H18NO5PS. The highest BCUT2D eigenvalue weighted by molar-refractivity contribution is 7.90. The maximum atomic E-state index is 11.0. The molecule has 0 saturated carbocycles. The second-order valence-corrected chi connectivity index (χ2v) is 8.96. The molecule has 1 heterocycles. The fourth-order valence-electron chi connectivity index (χ4n) is 2.60. The van der Waals surface area contributed by atoms with Crippen molar-refractivity contribution in [3.63, 3.8) is 0 Å². The zero-order valence-corrected chi connectivity index (χ0v) is 15.3. The van der Waals surface area contributed by atoms with E-state index >= 15 is 0 Å². The van der Waals surface area contributed by atoms with Crippen LogP contribution in [0, 0.1) is 0 Å². The normalized spacial score (nSPS) is 13.6. The smallest absolute Gasteiger partial charge is 0.274 e. The van der Waals surface area contributed by atoms with Gasteiger partial charge in [0.25, 0.3) is 10.1 Å². The first-order valence-corrected chi connectivity index (χ1v) is 10.5. The van der Waals surface area contributed by atoms with E-state index in [4.69, 9.17) is 8.97 Å². The maximum absolute atomic E-state index is 11.0. The second kappa shape index (κ2) is 7.52. The van der Waals surface area contributed by atoms with Crippen molar-refractivity contribution in [2.75, 3.05) is 0 Å². The van der Waals surface area contributed by atoms with Gasteiger partial charge in [0.05, 0.1) is 8.46 Å². The summed E-state index contributed by atoms with van der Waals surface area (Å²) in [5, 5.41) is 0.